The van der Waals surface area contributed by atoms with Crippen molar-refractivity contribution in [2.24, 2.45) is 0 Å². The molecule has 33 heavy (non-hydrogen) atoms. The summed E-state index contributed by atoms with van der Waals surface area (Å²) in [4.78, 5) is 18.7. The largest absolute Gasteiger partial charge is 0.495 e. The van der Waals surface area contributed by atoms with Crippen molar-refractivity contribution in [1.82, 2.24) is 19.7 Å². The highest BCUT2D eigenvalue weighted by Crippen LogP contribution is 2.36. The molecule has 0 fully saturated rings. The molecule has 8 nitrogen and oxygen atoms in total. The zero-order valence-corrected chi connectivity index (χ0v) is 20.2. The standard InChI is InChI=1S/C23H23N5O3S2/c1-5-11-27-21(18-10-12-31-15(18)2)25-26-23(27)33-14-17-13-32-22(24-17)28(16(3)29)19-8-6-7-9-20(19)30-4/h5-10,12-13H,1,11,14H2,2-4H3. The van der Waals surface area contributed by atoms with Crippen molar-refractivity contribution in [3.63, 3.8) is 0 Å². The van der Waals surface area contributed by atoms with Gasteiger partial charge in [0.2, 0.25) is 5.91 Å². The number of hydrogen-bond acceptors (Lipinski definition) is 8. The molecule has 3 aromatic heterocycles. The summed E-state index contributed by atoms with van der Waals surface area (Å²) in [5, 5.41) is 12.0. The number of thiazole rings is 1. The van der Waals surface area contributed by atoms with Crippen LogP contribution in [-0.2, 0) is 17.1 Å². The van der Waals surface area contributed by atoms with Gasteiger partial charge in [0, 0.05) is 24.6 Å². The van der Waals surface area contributed by atoms with Gasteiger partial charge < -0.3 is 9.15 Å². The van der Waals surface area contributed by atoms with E-state index in [0.29, 0.717) is 28.9 Å². The second-order valence-corrected chi connectivity index (χ2v) is 8.81. The Bertz CT molecular complexity index is 1280. The molecule has 4 rings (SSSR count). The molecule has 0 aliphatic heterocycles. The third kappa shape index (κ3) is 4.71. The van der Waals surface area contributed by atoms with Crippen molar-refractivity contribution < 1.29 is 13.9 Å². The molecule has 0 aliphatic carbocycles. The van der Waals surface area contributed by atoms with Crippen LogP contribution in [0.5, 0.6) is 5.75 Å². The topological polar surface area (TPSA) is 86.3 Å². The predicted octanol–water partition coefficient (Wildman–Crippen LogP) is 5.47. The van der Waals surface area contributed by atoms with Gasteiger partial charge in [-0.15, -0.1) is 28.1 Å². The fourth-order valence-electron chi connectivity index (χ4n) is 3.33. The highest BCUT2D eigenvalue weighted by molar-refractivity contribution is 7.98. The van der Waals surface area contributed by atoms with Gasteiger partial charge in [-0.3, -0.25) is 14.3 Å². The first-order chi connectivity index (χ1) is 16.0. The second-order valence-electron chi connectivity index (χ2n) is 7.03. The smallest absolute Gasteiger partial charge is 0.230 e. The summed E-state index contributed by atoms with van der Waals surface area (Å²) in [6.07, 6.45) is 3.45. The maximum Gasteiger partial charge on any atom is 0.230 e. The first-order valence-electron chi connectivity index (χ1n) is 10.1. The summed E-state index contributed by atoms with van der Waals surface area (Å²) in [6.45, 7) is 7.84. The summed E-state index contributed by atoms with van der Waals surface area (Å²) >= 11 is 2.94. The Morgan fingerprint density at radius 1 is 1.33 bits per heavy atom. The minimum atomic E-state index is -0.140. The van der Waals surface area contributed by atoms with Gasteiger partial charge in [-0.05, 0) is 25.1 Å². The minimum Gasteiger partial charge on any atom is -0.495 e. The van der Waals surface area contributed by atoms with Crippen LogP contribution in [0.1, 0.15) is 18.4 Å². The number of aromatic nitrogens is 4. The second kappa shape index (κ2) is 10.1. The van der Waals surface area contributed by atoms with Crippen LogP contribution in [-0.4, -0.2) is 32.8 Å². The van der Waals surface area contributed by atoms with Crippen molar-refractivity contribution in [1.29, 1.82) is 0 Å². The number of benzene rings is 1. The predicted molar refractivity (Wildman–Crippen MR) is 130 cm³/mol. The van der Waals surface area contributed by atoms with Crippen LogP contribution in [0, 0.1) is 6.92 Å². The van der Waals surface area contributed by atoms with Gasteiger partial charge in [-0.25, -0.2) is 4.98 Å². The van der Waals surface area contributed by atoms with E-state index in [2.05, 4.69) is 16.8 Å². The number of carbonyl (C=O) groups excluding carboxylic acids is 1. The van der Waals surface area contributed by atoms with E-state index in [9.17, 15) is 4.79 Å². The van der Waals surface area contributed by atoms with Gasteiger partial charge in [-0.1, -0.05) is 30.0 Å². The molecule has 0 saturated heterocycles. The lowest BCUT2D eigenvalue weighted by molar-refractivity contribution is -0.115. The minimum absolute atomic E-state index is 0.140. The number of furan rings is 1. The summed E-state index contributed by atoms with van der Waals surface area (Å²) < 4.78 is 12.9. The average molecular weight is 482 g/mol. The molecule has 0 radical (unpaired) electrons. The van der Waals surface area contributed by atoms with Crippen molar-refractivity contribution >= 4 is 39.8 Å². The van der Waals surface area contributed by atoms with Crippen molar-refractivity contribution in [3.05, 3.63) is 66.1 Å². The summed E-state index contributed by atoms with van der Waals surface area (Å²) in [7, 11) is 1.58. The molecule has 0 N–H and O–H groups in total. The highest BCUT2D eigenvalue weighted by atomic mass is 32.2. The van der Waals surface area contributed by atoms with Crippen LogP contribution in [0.25, 0.3) is 11.4 Å². The number of nitrogens with zero attached hydrogens (tertiary/aromatic N) is 5. The van der Waals surface area contributed by atoms with E-state index in [1.807, 2.05) is 53.3 Å². The normalized spacial score (nSPS) is 10.9. The number of para-hydroxylation sites is 2. The number of aryl methyl sites for hydroxylation is 1. The third-order valence-electron chi connectivity index (χ3n) is 4.85. The maximum absolute atomic E-state index is 12.5. The van der Waals surface area contributed by atoms with Crippen molar-refractivity contribution in [3.8, 4) is 17.1 Å². The van der Waals surface area contributed by atoms with Gasteiger partial charge in [0.15, 0.2) is 16.1 Å². The summed E-state index contributed by atoms with van der Waals surface area (Å²) in [5.74, 6) is 2.57. The Morgan fingerprint density at radius 3 is 2.85 bits per heavy atom. The van der Waals surface area contributed by atoms with Crippen LogP contribution in [0.4, 0.5) is 10.8 Å². The van der Waals surface area contributed by atoms with Crippen LogP contribution < -0.4 is 9.64 Å². The number of hydrogen-bond donors (Lipinski definition) is 0. The molecule has 0 bridgehead atoms. The zero-order chi connectivity index (χ0) is 23.4. The van der Waals surface area contributed by atoms with Crippen molar-refractivity contribution in [2.45, 2.75) is 31.3 Å². The van der Waals surface area contributed by atoms with Crippen molar-refractivity contribution in [2.75, 3.05) is 12.0 Å². The SMILES string of the molecule is C=CCn1c(SCc2csc(N(C(C)=O)c3ccccc3OC)n2)nnc1-c1ccoc1C. The average Bonchev–Trinajstić information content (AvgIpc) is 3.53. The molecule has 1 aromatic carbocycles. The quantitative estimate of drug-likeness (QED) is 0.231. The molecule has 3 heterocycles. The number of amides is 1. The van der Waals surface area contributed by atoms with Gasteiger partial charge >= 0.3 is 0 Å². The van der Waals surface area contributed by atoms with E-state index in [0.717, 1.165) is 28.0 Å². The van der Waals surface area contributed by atoms with E-state index < -0.39 is 0 Å². The molecule has 0 unspecified atom stereocenters. The fraction of sp³-hybridized carbons (Fsp3) is 0.217. The van der Waals surface area contributed by atoms with Gasteiger partial charge in [0.05, 0.1) is 30.3 Å². The first kappa shape index (κ1) is 22.8. The first-order valence-corrected chi connectivity index (χ1v) is 12.0. The van der Waals surface area contributed by atoms with Crippen LogP contribution in [0.15, 0.2) is 64.2 Å². The van der Waals surface area contributed by atoms with E-state index in [-0.39, 0.29) is 5.91 Å². The molecular formula is C23H23N5O3S2. The van der Waals surface area contributed by atoms with Crippen LogP contribution in [0.2, 0.25) is 0 Å². The number of ether oxygens (including phenoxy) is 1. The number of allylic oxidation sites excluding steroid dienone is 1. The third-order valence-corrected chi connectivity index (χ3v) is 6.72. The number of methoxy groups -OCH3 is 1. The highest BCUT2D eigenvalue weighted by Gasteiger charge is 2.22. The lowest BCUT2D eigenvalue weighted by atomic mass is 10.2. The zero-order valence-electron chi connectivity index (χ0n) is 18.5. The Hall–Kier alpha value is -3.37. The summed E-state index contributed by atoms with van der Waals surface area (Å²) in [6, 6.07) is 9.27. The number of carbonyl (C=O) groups is 1. The Morgan fingerprint density at radius 2 is 2.15 bits per heavy atom. The van der Waals surface area contributed by atoms with Crippen LogP contribution in [0.3, 0.4) is 0 Å². The monoisotopic (exact) mass is 481 g/mol. The number of rotatable bonds is 9. The lowest BCUT2D eigenvalue weighted by Crippen LogP contribution is -2.23. The Labute approximate surface area is 199 Å². The molecule has 10 heteroatoms. The molecule has 0 saturated carbocycles. The van der Waals surface area contributed by atoms with E-state index in [1.54, 1.807) is 18.3 Å². The molecular weight excluding hydrogens is 458 g/mol. The fourth-order valence-corrected chi connectivity index (χ4v) is 5.16. The van der Waals surface area contributed by atoms with Gasteiger partial charge in [-0.2, -0.15) is 0 Å². The Kier molecular flexibility index (Phi) is 6.95. The number of thioether (sulfide) groups is 1. The molecule has 0 atom stereocenters. The molecule has 170 valence electrons. The molecule has 0 aliphatic rings. The number of anilines is 2. The van der Waals surface area contributed by atoms with Crippen LogP contribution >= 0.6 is 23.1 Å². The van der Waals surface area contributed by atoms with E-state index >= 15 is 0 Å². The van der Waals surface area contributed by atoms with Gasteiger partial charge in [0.25, 0.3) is 0 Å². The molecule has 0 spiro atoms. The summed E-state index contributed by atoms with van der Waals surface area (Å²) in [5.41, 5.74) is 2.41. The lowest BCUT2D eigenvalue weighted by Gasteiger charge is -2.20. The van der Waals surface area contributed by atoms with E-state index in [4.69, 9.17) is 14.1 Å². The van der Waals surface area contributed by atoms with Gasteiger partial charge in [0.1, 0.15) is 11.5 Å². The maximum atomic E-state index is 12.5. The molecule has 1 amide bonds. The molecule has 4 aromatic rings. The Balaban J connectivity index is 1.56. The van der Waals surface area contributed by atoms with E-state index in [1.165, 1.54) is 30.0 Å².